The molecule has 188 valence electrons. The Morgan fingerprint density at radius 2 is 1.64 bits per heavy atom. The number of hydrogen-bond acceptors (Lipinski definition) is 5. The first-order valence-electron chi connectivity index (χ1n) is 12.0. The van der Waals surface area contributed by atoms with Crippen LogP contribution in [-0.2, 0) is 27.3 Å². The van der Waals surface area contributed by atoms with Crippen LogP contribution in [0.4, 0.5) is 0 Å². The number of aryl methyl sites for hydroxylation is 3. The Morgan fingerprint density at radius 3 is 2.31 bits per heavy atom. The van der Waals surface area contributed by atoms with Gasteiger partial charge in [0.05, 0.1) is 12.2 Å². The van der Waals surface area contributed by atoms with Crippen molar-refractivity contribution in [2.45, 2.75) is 47.1 Å². The monoisotopic (exact) mass is 487 g/mol. The number of nitrogens with zero attached hydrogens (tertiary/aromatic N) is 2. The SMILES string of the molecule is CC(=O)NCCCc1ccc(C(=O)COC(=O)/C=C/c2c(C)nn(Cc3ccc(C)cc3)c2C)cc1. The van der Waals surface area contributed by atoms with E-state index in [1.807, 2.05) is 30.7 Å². The molecule has 0 atom stereocenters. The number of hydrogen-bond donors (Lipinski definition) is 1. The first kappa shape index (κ1) is 26.6. The summed E-state index contributed by atoms with van der Waals surface area (Å²) >= 11 is 0. The highest BCUT2D eigenvalue weighted by Crippen LogP contribution is 2.17. The van der Waals surface area contributed by atoms with Crippen molar-refractivity contribution < 1.29 is 19.1 Å². The zero-order chi connectivity index (χ0) is 26.1. The lowest BCUT2D eigenvalue weighted by Crippen LogP contribution is -2.21. The Balaban J connectivity index is 1.50. The summed E-state index contributed by atoms with van der Waals surface area (Å²) in [6, 6.07) is 15.5. The van der Waals surface area contributed by atoms with Gasteiger partial charge < -0.3 is 10.1 Å². The normalized spacial score (nSPS) is 11.0. The Labute approximate surface area is 212 Å². The van der Waals surface area contributed by atoms with Gasteiger partial charge in [-0.25, -0.2) is 4.79 Å². The predicted molar refractivity (Wildman–Crippen MR) is 140 cm³/mol. The molecule has 7 nitrogen and oxygen atoms in total. The van der Waals surface area contributed by atoms with Crippen LogP contribution in [0.5, 0.6) is 0 Å². The Bertz CT molecular complexity index is 1240. The van der Waals surface area contributed by atoms with E-state index in [-0.39, 0.29) is 18.3 Å². The summed E-state index contributed by atoms with van der Waals surface area (Å²) in [5, 5.41) is 7.36. The molecule has 1 heterocycles. The van der Waals surface area contributed by atoms with E-state index in [4.69, 9.17) is 4.74 Å². The summed E-state index contributed by atoms with van der Waals surface area (Å²) in [7, 11) is 0. The molecule has 0 radical (unpaired) electrons. The number of carbonyl (C=O) groups is 3. The van der Waals surface area contributed by atoms with Gasteiger partial charge in [-0.3, -0.25) is 14.3 Å². The van der Waals surface area contributed by atoms with Crippen LogP contribution in [0.2, 0.25) is 0 Å². The summed E-state index contributed by atoms with van der Waals surface area (Å²) in [5.41, 5.74) is 6.55. The number of nitrogens with one attached hydrogen (secondary N) is 1. The van der Waals surface area contributed by atoms with Gasteiger partial charge in [0.25, 0.3) is 0 Å². The fraction of sp³-hybridized carbons (Fsp3) is 0.310. The third-order valence-electron chi connectivity index (χ3n) is 5.91. The molecule has 3 aromatic rings. The highest BCUT2D eigenvalue weighted by atomic mass is 16.5. The second-order valence-electron chi connectivity index (χ2n) is 8.88. The van der Waals surface area contributed by atoms with Crippen molar-refractivity contribution in [1.29, 1.82) is 0 Å². The molecule has 0 aliphatic heterocycles. The zero-order valence-electron chi connectivity index (χ0n) is 21.3. The first-order chi connectivity index (χ1) is 17.2. The van der Waals surface area contributed by atoms with E-state index >= 15 is 0 Å². The van der Waals surface area contributed by atoms with Gasteiger partial charge in [-0.2, -0.15) is 5.10 Å². The number of rotatable bonds is 11. The van der Waals surface area contributed by atoms with Crippen molar-refractivity contribution in [3.63, 3.8) is 0 Å². The highest BCUT2D eigenvalue weighted by Gasteiger charge is 2.12. The molecule has 2 aromatic carbocycles. The van der Waals surface area contributed by atoms with E-state index in [9.17, 15) is 14.4 Å². The van der Waals surface area contributed by atoms with Crippen LogP contribution in [0.3, 0.4) is 0 Å². The molecule has 36 heavy (non-hydrogen) atoms. The van der Waals surface area contributed by atoms with E-state index in [2.05, 4.69) is 41.6 Å². The molecule has 0 unspecified atom stereocenters. The van der Waals surface area contributed by atoms with Gasteiger partial charge in [-0.1, -0.05) is 54.1 Å². The molecule has 0 spiro atoms. The van der Waals surface area contributed by atoms with Gasteiger partial charge in [0, 0.05) is 36.4 Å². The van der Waals surface area contributed by atoms with E-state index in [1.54, 1.807) is 18.2 Å². The van der Waals surface area contributed by atoms with Crippen molar-refractivity contribution in [2.24, 2.45) is 0 Å². The number of amides is 1. The number of esters is 1. The van der Waals surface area contributed by atoms with Crippen LogP contribution in [0.25, 0.3) is 6.08 Å². The lowest BCUT2D eigenvalue weighted by atomic mass is 10.1. The molecule has 0 aliphatic rings. The standard InChI is InChI=1S/C29H33N3O4/c1-20-7-9-25(10-8-20)18-32-22(3)27(21(2)31-32)15-16-29(35)36-19-28(34)26-13-11-24(12-14-26)6-5-17-30-23(4)33/h7-16H,5-6,17-19H2,1-4H3,(H,30,33)/b16-15+. The maximum absolute atomic E-state index is 12.4. The second-order valence-corrected chi connectivity index (χ2v) is 8.88. The summed E-state index contributed by atoms with van der Waals surface area (Å²) in [5.74, 6) is -0.887. The topological polar surface area (TPSA) is 90.3 Å². The molecule has 1 amide bonds. The van der Waals surface area contributed by atoms with E-state index in [0.717, 1.165) is 40.9 Å². The summed E-state index contributed by atoms with van der Waals surface area (Å²) in [6.45, 7) is 8.35. The molecular weight excluding hydrogens is 454 g/mol. The van der Waals surface area contributed by atoms with Crippen molar-refractivity contribution >= 4 is 23.7 Å². The Morgan fingerprint density at radius 1 is 0.972 bits per heavy atom. The number of aromatic nitrogens is 2. The third-order valence-corrected chi connectivity index (χ3v) is 5.91. The molecule has 1 aromatic heterocycles. The highest BCUT2D eigenvalue weighted by molar-refractivity contribution is 5.99. The molecule has 0 bridgehead atoms. The van der Waals surface area contributed by atoms with Crippen LogP contribution in [-0.4, -0.2) is 40.6 Å². The molecule has 1 N–H and O–H groups in total. The van der Waals surface area contributed by atoms with Crippen molar-refractivity contribution in [2.75, 3.05) is 13.2 Å². The lowest BCUT2D eigenvalue weighted by molar-refractivity contribution is -0.136. The van der Waals surface area contributed by atoms with Crippen LogP contribution in [0, 0.1) is 20.8 Å². The minimum atomic E-state index is -0.581. The lowest BCUT2D eigenvalue weighted by Gasteiger charge is -2.06. The number of ketones is 1. The molecule has 7 heteroatoms. The fourth-order valence-corrected chi connectivity index (χ4v) is 3.81. The van der Waals surface area contributed by atoms with Gasteiger partial charge in [-0.05, 0) is 50.8 Å². The molecule has 0 aliphatic carbocycles. The summed E-state index contributed by atoms with van der Waals surface area (Å²) in [6.07, 6.45) is 4.64. The summed E-state index contributed by atoms with van der Waals surface area (Å²) < 4.78 is 7.08. The van der Waals surface area contributed by atoms with Crippen molar-refractivity contribution in [3.8, 4) is 0 Å². The average Bonchev–Trinajstić information content (AvgIpc) is 3.12. The van der Waals surface area contributed by atoms with Crippen LogP contribution >= 0.6 is 0 Å². The third kappa shape index (κ3) is 7.77. The molecule has 0 fully saturated rings. The first-order valence-corrected chi connectivity index (χ1v) is 12.0. The number of carbonyl (C=O) groups excluding carboxylic acids is 3. The number of benzene rings is 2. The molecule has 0 saturated heterocycles. The van der Waals surface area contributed by atoms with Crippen molar-refractivity contribution in [3.05, 3.63) is 93.8 Å². The van der Waals surface area contributed by atoms with E-state index < -0.39 is 5.97 Å². The van der Waals surface area contributed by atoms with E-state index in [0.29, 0.717) is 18.7 Å². The Kier molecular flexibility index (Phi) is 9.33. The summed E-state index contributed by atoms with van der Waals surface area (Å²) in [4.78, 5) is 35.6. The van der Waals surface area contributed by atoms with Crippen molar-refractivity contribution in [1.82, 2.24) is 15.1 Å². The van der Waals surface area contributed by atoms with Gasteiger partial charge in [0.1, 0.15) is 0 Å². The molecular formula is C29H33N3O4. The largest absolute Gasteiger partial charge is 0.454 e. The zero-order valence-corrected chi connectivity index (χ0v) is 21.3. The second kappa shape index (κ2) is 12.6. The van der Waals surface area contributed by atoms with Gasteiger partial charge in [-0.15, -0.1) is 0 Å². The van der Waals surface area contributed by atoms with Gasteiger partial charge >= 0.3 is 5.97 Å². The quantitative estimate of drug-likeness (QED) is 0.188. The van der Waals surface area contributed by atoms with Gasteiger partial charge in [0.15, 0.2) is 12.4 Å². The van der Waals surface area contributed by atoms with Crippen LogP contribution in [0.15, 0.2) is 54.6 Å². The molecule has 3 rings (SSSR count). The Hall–Kier alpha value is -4.00. The fourth-order valence-electron chi connectivity index (χ4n) is 3.81. The minimum Gasteiger partial charge on any atom is -0.454 e. The van der Waals surface area contributed by atoms with Gasteiger partial charge in [0.2, 0.25) is 5.91 Å². The number of Topliss-reactive ketones (excluding diaryl/α,β-unsaturated/α-hetero) is 1. The molecule has 0 saturated carbocycles. The van der Waals surface area contributed by atoms with Crippen LogP contribution in [0.1, 0.15) is 57.3 Å². The smallest absolute Gasteiger partial charge is 0.331 e. The maximum atomic E-state index is 12.4. The van der Waals surface area contributed by atoms with E-state index in [1.165, 1.54) is 18.6 Å². The number of ether oxygens (including phenoxy) is 1. The minimum absolute atomic E-state index is 0.0428. The maximum Gasteiger partial charge on any atom is 0.331 e. The predicted octanol–water partition coefficient (Wildman–Crippen LogP) is 4.36. The van der Waals surface area contributed by atoms with Crippen LogP contribution < -0.4 is 5.32 Å². The average molecular weight is 488 g/mol.